The van der Waals surface area contributed by atoms with Gasteiger partial charge in [0.25, 0.3) is 0 Å². The molecule has 0 aliphatic carbocycles. The Balaban J connectivity index is 0.00000420. The minimum absolute atomic E-state index is 0. The smallest absolute Gasteiger partial charge is 0.135 e. The van der Waals surface area contributed by atoms with Gasteiger partial charge in [0, 0.05) is 84.5 Å². The molecular weight excluding hydrogens is 908 g/mol. The van der Waals surface area contributed by atoms with Crippen LogP contribution in [-0.2, 0) is 26.5 Å². The van der Waals surface area contributed by atoms with E-state index < -0.39 is 0 Å². The second-order valence-electron chi connectivity index (χ2n) is 15.7. The second-order valence-corrected chi connectivity index (χ2v) is 15.7. The molecule has 0 fully saturated rings. The Morgan fingerprint density at radius 3 is 2.08 bits per heavy atom. The van der Waals surface area contributed by atoms with E-state index in [1.54, 1.807) is 0 Å². The topological polar surface area (TPSA) is 51.4 Å². The van der Waals surface area contributed by atoms with E-state index >= 15 is 0 Å². The molecule has 7 nitrogen and oxygen atoms in total. The van der Waals surface area contributed by atoms with Gasteiger partial charge in [0.05, 0.1) is 16.7 Å². The Kier molecular flexibility index (Phi) is 8.88. The molecule has 0 amide bonds. The predicted molar refractivity (Wildman–Crippen MR) is 235 cm³/mol. The van der Waals surface area contributed by atoms with Crippen LogP contribution in [0, 0.1) is 18.8 Å². The molecule has 59 heavy (non-hydrogen) atoms. The van der Waals surface area contributed by atoms with Gasteiger partial charge >= 0.3 is 0 Å². The molecule has 0 saturated heterocycles. The average Bonchev–Trinajstić information content (AvgIpc) is 3.91. The number of ether oxygens (including phenoxy) is 1. The number of pyridine rings is 2. The maximum Gasteiger partial charge on any atom is 0.135 e. The molecule has 8 heteroatoms. The SMILES string of the molecule is CC(C)(C)c1ccnc(-n2c3[c-]c(Oc4[c-]c(N5[CH-]N(c6ccc7c8ccccc8n(-c8ccccc8)c7c6)c6ccncc65)ccc4)ccc3c3ccccc32)c1.[Pt]. The molecule has 10 aromatic rings. The fraction of sp³-hybridized carbons (Fsp3) is 0.0784. The van der Waals surface area contributed by atoms with E-state index in [-0.39, 0.29) is 26.5 Å². The third-order valence-corrected chi connectivity index (χ3v) is 11.1. The van der Waals surface area contributed by atoms with Crippen LogP contribution < -0.4 is 14.5 Å². The van der Waals surface area contributed by atoms with Gasteiger partial charge in [-0.3, -0.25) is 4.98 Å². The molecule has 5 heterocycles. The maximum absolute atomic E-state index is 6.57. The largest absolute Gasteiger partial charge is 0.509 e. The number of anilines is 4. The first-order valence-corrected chi connectivity index (χ1v) is 19.5. The molecular formula is C51H37N6OPt-3. The second kappa shape index (κ2) is 14.3. The van der Waals surface area contributed by atoms with Crippen molar-refractivity contribution in [1.29, 1.82) is 0 Å². The minimum atomic E-state index is -0.0209. The van der Waals surface area contributed by atoms with Crippen molar-refractivity contribution >= 4 is 66.4 Å². The summed E-state index contributed by atoms with van der Waals surface area (Å²) in [4.78, 5) is 13.7. The zero-order chi connectivity index (χ0) is 39.0. The summed E-state index contributed by atoms with van der Waals surface area (Å²) in [6, 6.07) is 57.8. The molecule has 0 spiro atoms. The molecule has 4 aromatic heterocycles. The summed E-state index contributed by atoms with van der Waals surface area (Å²) in [5, 5.41) is 4.65. The quantitative estimate of drug-likeness (QED) is 0.156. The molecule has 1 aliphatic heterocycles. The summed E-state index contributed by atoms with van der Waals surface area (Å²) in [5.41, 5.74) is 10.4. The van der Waals surface area contributed by atoms with Crippen molar-refractivity contribution in [3.8, 4) is 23.0 Å². The van der Waals surface area contributed by atoms with Crippen molar-refractivity contribution in [1.82, 2.24) is 19.1 Å². The van der Waals surface area contributed by atoms with E-state index in [4.69, 9.17) is 9.72 Å². The number of fused-ring (bicyclic) bond motifs is 7. The van der Waals surface area contributed by atoms with Gasteiger partial charge in [-0.2, -0.15) is 12.1 Å². The van der Waals surface area contributed by atoms with Crippen LogP contribution in [-0.4, -0.2) is 19.1 Å². The van der Waals surface area contributed by atoms with Gasteiger partial charge in [-0.05, 0) is 71.0 Å². The van der Waals surface area contributed by atoms with Crippen LogP contribution in [0.1, 0.15) is 26.3 Å². The third-order valence-electron chi connectivity index (χ3n) is 11.1. The molecule has 0 unspecified atom stereocenters. The van der Waals surface area contributed by atoms with Gasteiger partial charge in [0.1, 0.15) is 5.82 Å². The summed E-state index contributed by atoms with van der Waals surface area (Å²) in [6.45, 7) is 8.77. The number of hydrogen-bond donors (Lipinski definition) is 0. The van der Waals surface area contributed by atoms with E-state index in [1.165, 1.54) is 21.9 Å². The molecule has 6 aromatic carbocycles. The Hall–Kier alpha value is -6.69. The van der Waals surface area contributed by atoms with Crippen molar-refractivity contribution in [3.63, 3.8) is 0 Å². The van der Waals surface area contributed by atoms with Crippen LogP contribution in [0.25, 0.3) is 55.1 Å². The standard InChI is InChI=1S/C51H37N6O.Pt/c1-51(2,3)34-24-27-53-50(28-34)57-45-19-10-8-17-41(45)43-23-21-39(31-48(43)57)58-38-15-11-14-36(29-38)55-33-54(46-25-26-52-32-49(46)55)37-20-22-42-40-16-7-9-18-44(40)56(47(42)30-37)35-12-5-4-6-13-35;/h4-28,30,32-33H,1-3H3;/q-3;. The summed E-state index contributed by atoms with van der Waals surface area (Å²) in [5.74, 6) is 2.02. The number of rotatable bonds is 6. The average molecular weight is 945 g/mol. The van der Waals surface area contributed by atoms with E-state index in [2.05, 4.69) is 185 Å². The number of aromatic nitrogens is 4. The van der Waals surface area contributed by atoms with Crippen LogP contribution in [0.15, 0.2) is 164 Å². The molecule has 0 bridgehead atoms. The van der Waals surface area contributed by atoms with Gasteiger partial charge in [-0.1, -0.05) is 87.0 Å². The van der Waals surface area contributed by atoms with Crippen LogP contribution in [0.3, 0.4) is 0 Å². The van der Waals surface area contributed by atoms with Crippen molar-refractivity contribution in [2.45, 2.75) is 26.2 Å². The summed E-state index contributed by atoms with van der Waals surface area (Å²) in [6.07, 6.45) is 5.63. The van der Waals surface area contributed by atoms with Crippen LogP contribution >= 0.6 is 0 Å². The van der Waals surface area contributed by atoms with Crippen molar-refractivity contribution < 1.29 is 25.8 Å². The molecule has 0 atom stereocenters. The molecule has 0 radical (unpaired) electrons. The first-order chi connectivity index (χ1) is 28.4. The zero-order valence-corrected chi connectivity index (χ0v) is 34.8. The number of nitrogens with zero attached hydrogens (tertiary/aromatic N) is 6. The van der Waals surface area contributed by atoms with Crippen molar-refractivity contribution in [2.24, 2.45) is 0 Å². The fourth-order valence-electron chi connectivity index (χ4n) is 8.30. The number of benzene rings is 6. The van der Waals surface area contributed by atoms with Gasteiger partial charge in [0.2, 0.25) is 0 Å². The normalized spacial score (nSPS) is 12.7. The molecule has 0 N–H and O–H groups in total. The van der Waals surface area contributed by atoms with Crippen molar-refractivity contribution in [3.05, 3.63) is 189 Å². The Bertz CT molecular complexity index is 3200. The Labute approximate surface area is 357 Å². The number of para-hydroxylation sites is 3. The van der Waals surface area contributed by atoms with E-state index in [0.29, 0.717) is 11.5 Å². The Morgan fingerprint density at radius 1 is 0.559 bits per heavy atom. The summed E-state index contributed by atoms with van der Waals surface area (Å²) in [7, 11) is 0. The van der Waals surface area contributed by atoms with E-state index in [0.717, 1.165) is 61.6 Å². The zero-order valence-electron chi connectivity index (χ0n) is 32.6. The monoisotopic (exact) mass is 944 g/mol. The summed E-state index contributed by atoms with van der Waals surface area (Å²) >= 11 is 0. The van der Waals surface area contributed by atoms with Crippen molar-refractivity contribution in [2.75, 3.05) is 9.80 Å². The van der Waals surface area contributed by atoms with Gasteiger partial charge in [0.15, 0.2) is 0 Å². The first kappa shape index (κ1) is 36.6. The predicted octanol–water partition coefficient (Wildman–Crippen LogP) is 12.8. The molecule has 0 saturated carbocycles. The fourth-order valence-corrected chi connectivity index (χ4v) is 8.30. The molecule has 290 valence electrons. The number of hydrogen-bond acceptors (Lipinski definition) is 5. The first-order valence-electron chi connectivity index (χ1n) is 19.5. The van der Waals surface area contributed by atoms with Gasteiger partial charge in [-0.25, -0.2) is 4.98 Å². The molecule has 11 rings (SSSR count). The molecule has 1 aliphatic rings. The minimum Gasteiger partial charge on any atom is -0.509 e. The third kappa shape index (κ3) is 6.16. The van der Waals surface area contributed by atoms with E-state index in [1.807, 2.05) is 42.9 Å². The van der Waals surface area contributed by atoms with Gasteiger partial charge in [-0.15, -0.1) is 48.1 Å². The van der Waals surface area contributed by atoms with Crippen LogP contribution in [0.4, 0.5) is 22.7 Å². The van der Waals surface area contributed by atoms with Crippen LogP contribution in [0.2, 0.25) is 0 Å². The van der Waals surface area contributed by atoms with E-state index in [9.17, 15) is 0 Å². The summed E-state index contributed by atoms with van der Waals surface area (Å²) < 4.78 is 11.1. The van der Waals surface area contributed by atoms with Gasteiger partial charge < -0.3 is 23.7 Å². The maximum atomic E-state index is 6.57. The Morgan fingerprint density at radius 2 is 1.27 bits per heavy atom. The van der Waals surface area contributed by atoms with Crippen LogP contribution in [0.5, 0.6) is 11.5 Å².